The lowest BCUT2D eigenvalue weighted by molar-refractivity contribution is 0.161. The molecule has 2 N–H and O–H groups in total. The molecule has 1 aliphatic heterocycles. The highest BCUT2D eigenvalue weighted by Gasteiger charge is 2.22. The van der Waals surface area contributed by atoms with Crippen molar-refractivity contribution < 1.29 is 0 Å². The van der Waals surface area contributed by atoms with Crippen LogP contribution in [0.2, 0.25) is 0 Å². The summed E-state index contributed by atoms with van der Waals surface area (Å²) >= 11 is 0. The van der Waals surface area contributed by atoms with Gasteiger partial charge in [-0.25, -0.2) is 4.99 Å². The van der Waals surface area contributed by atoms with Gasteiger partial charge < -0.3 is 10.6 Å². The predicted octanol–water partition coefficient (Wildman–Crippen LogP) is 2.99. The number of guanidine groups is 1. The van der Waals surface area contributed by atoms with Gasteiger partial charge in [-0.2, -0.15) is 5.10 Å². The number of halogens is 1. The average molecular weight is 476 g/mol. The maximum absolute atomic E-state index is 4.73. The molecule has 1 atom stereocenters. The monoisotopic (exact) mass is 476 g/mol. The van der Waals surface area contributed by atoms with Crippen molar-refractivity contribution in [3.63, 3.8) is 0 Å². The molecule has 0 aromatic carbocycles. The Balaban J connectivity index is 0.00000338. The number of likely N-dealkylation sites (tertiary alicyclic amines) is 1. The lowest BCUT2D eigenvalue weighted by Gasteiger charge is -2.34. The lowest BCUT2D eigenvalue weighted by Crippen LogP contribution is -2.49. The predicted molar refractivity (Wildman–Crippen MR) is 120 cm³/mol. The molecule has 1 aromatic heterocycles. The highest BCUT2D eigenvalue weighted by Crippen LogP contribution is 2.17. The number of rotatable bonds is 7. The molecule has 1 unspecified atom stereocenters. The molecule has 0 saturated carbocycles. The van der Waals surface area contributed by atoms with Gasteiger partial charge in [-0.05, 0) is 44.8 Å². The summed E-state index contributed by atoms with van der Waals surface area (Å²) in [6, 6.07) is 2.57. The molecule has 0 amide bonds. The van der Waals surface area contributed by atoms with Crippen molar-refractivity contribution >= 4 is 29.9 Å². The fourth-order valence-electron chi connectivity index (χ4n) is 3.47. The van der Waals surface area contributed by atoms with Gasteiger partial charge in [0.15, 0.2) is 5.96 Å². The quantitative estimate of drug-likeness (QED) is 0.361. The van der Waals surface area contributed by atoms with E-state index < -0.39 is 0 Å². The van der Waals surface area contributed by atoms with Gasteiger partial charge in [-0.15, -0.1) is 24.0 Å². The van der Waals surface area contributed by atoms with Crippen LogP contribution in [0, 0.1) is 5.92 Å². The fraction of sp³-hybridized carbons (Fsp3) is 0.789. The SMILES string of the molecule is CCNC(=NCc1ccnn1C)NCC(C(C)C)N1CCCCCC1.I. The van der Waals surface area contributed by atoms with Crippen LogP contribution in [0.4, 0.5) is 0 Å². The molecule has 1 aliphatic rings. The summed E-state index contributed by atoms with van der Waals surface area (Å²) in [5.41, 5.74) is 1.12. The molecule has 0 bridgehead atoms. The Kier molecular flexibility index (Phi) is 11.2. The Labute approximate surface area is 176 Å². The molecule has 0 spiro atoms. The topological polar surface area (TPSA) is 57.5 Å². The molecular formula is C19H37IN6. The Morgan fingerprint density at radius 2 is 1.88 bits per heavy atom. The van der Waals surface area contributed by atoms with Crippen molar-refractivity contribution in [2.75, 3.05) is 26.2 Å². The van der Waals surface area contributed by atoms with Crippen LogP contribution in [0.15, 0.2) is 17.3 Å². The van der Waals surface area contributed by atoms with Gasteiger partial charge >= 0.3 is 0 Å². The van der Waals surface area contributed by atoms with E-state index in [4.69, 9.17) is 4.99 Å². The van der Waals surface area contributed by atoms with Crippen molar-refractivity contribution in [3.8, 4) is 0 Å². The number of hydrogen-bond acceptors (Lipinski definition) is 3. The van der Waals surface area contributed by atoms with E-state index in [-0.39, 0.29) is 24.0 Å². The second kappa shape index (κ2) is 12.5. The Morgan fingerprint density at radius 1 is 1.19 bits per heavy atom. The molecule has 1 fully saturated rings. The lowest BCUT2D eigenvalue weighted by atomic mass is 10.0. The standard InChI is InChI=1S/C19H36N6.HI/c1-5-20-19(21-14-17-10-11-23-24(17)4)22-15-18(16(2)3)25-12-8-6-7-9-13-25;/h10-11,16,18H,5-9,12-15H2,1-4H3,(H2,20,21,22);1H. The van der Waals surface area contributed by atoms with Crippen LogP contribution in [0.1, 0.15) is 52.1 Å². The molecule has 1 saturated heterocycles. The van der Waals surface area contributed by atoms with E-state index in [0.29, 0.717) is 18.5 Å². The third kappa shape index (κ3) is 7.42. The van der Waals surface area contributed by atoms with Crippen molar-refractivity contribution in [2.24, 2.45) is 18.0 Å². The number of aromatic nitrogens is 2. The molecule has 2 rings (SSSR count). The minimum atomic E-state index is 0. The number of nitrogens with one attached hydrogen (secondary N) is 2. The molecule has 0 aliphatic carbocycles. The van der Waals surface area contributed by atoms with Crippen molar-refractivity contribution in [2.45, 2.75) is 59.0 Å². The second-order valence-electron chi connectivity index (χ2n) is 7.28. The Hall–Kier alpha value is -0.830. The van der Waals surface area contributed by atoms with E-state index in [2.05, 4.69) is 41.4 Å². The van der Waals surface area contributed by atoms with Gasteiger partial charge in [-0.3, -0.25) is 9.58 Å². The number of hydrogen-bond donors (Lipinski definition) is 2. The summed E-state index contributed by atoms with van der Waals surface area (Å²) in [6.45, 7) is 11.7. The largest absolute Gasteiger partial charge is 0.357 e. The second-order valence-corrected chi connectivity index (χ2v) is 7.28. The van der Waals surface area contributed by atoms with E-state index in [1.54, 1.807) is 0 Å². The van der Waals surface area contributed by atoms with Crippen LogP contribution in [0.3, 0.4) is 0 Å². The van der Waals surface area contributed by atoms with Crippen LogP contribution in [-0.4, -0.2) is 52.9 Å². The maximum Gasteiger partial charge on any atom is 0.191 e. The molecule has 1 aromatic rings. The van der Waals surface area contributed by atoms with Crippen molar-refractivity contribution in [1.29, 1.82) is 0 Å². The van der Waals surface area contributed by atoms with Crippen LogP contribution in [0.25, 0.3) is 0 Å². The van der Waals surface area contributed by atoms with Gasteiger partial charge in [0.1, 0.15) is 0 Å². The summed E-state index contributed by atoms with van der Waals surface area (Å²) in [5.74, 6) is 1.52. The Bertz CT molecular complexity index is 520. The summed E-state index contributed by atoms with van der Waals surface area (Å²) in [7, 11) is 1.96. The number of aryl methyl sites for hydroxylation is 1. The summed E-state index contributed by atoms with van der Waals surface area (Å²) in [5, 5.41) is 11.1. The van der Waals surface area contributed by atoms with Gasteiger partial charge in [0.25, 0.3) is 0 Å². The first kappa shape index (κ1) is 23.2. The van der Waals surface area contributed by atoms with Gasteiger partial charge in [-0.1, -0.05) is 26.7 Å². The minimum Gasteiger partial charge on any atom is -0.357 e. The highest BCUT2D eigenvalue weighted by atomic mass is 127. The Morgan fingerprint density at radius 3 is 2.42 bits per heavy atom. The maximum atomic E-state index is 4.73. The van der Waals surface area contributed by atoms with Crippen LogP contribution in [-0.2, 0) is 13.6 Å². The molecule has 0 radical (unpaired) electrons. The third-order valence-electron chi connectivity index (χ3n) is 5.02. The average Bonchev–Trinajstić information content (AvgIpc) is 2.83. The zero-order chi connectivity index (χ0) is 18.1. The van der Waals surface area contributed by atoms with Crippen LogP contribution >= 0.6 is 24.0 Å². The minimum absolute atomic E-state index is 0. The van der Waals surface area contributed by atoms with Crippen molar-refractivity contribution in [1.82, 2.24) is 25.3 Å². The number of aliphatic imine (C=N–C) groups is 1. The van der Waals surface area contributed by atoms with Gasteiger partial charge in [0.2, 0.25) is 0 Å². The van der Waals surface area contributed by atoms with Gasteiger partial charge in [0, 0.05) is 32.4 Å². The van der Waals surface area contributed by atoms with E-state index >= 15 is 0 Å². The first-order valence-electron chi connectivity index (χ1n) is 9.85. The van der Waals surface area contributed by atoms with E-state index in [1.165, 1.54) is 38.8 Å². The molecule has 26 heavy (non-hydrogen) atoms. The number of nitrogens with zero attached hydrogens (tertiary/aromatic N) is 4. The molecule has 7 heteroatoms. The van der Waals surface area contributed by atoms with Gasteiger partial charge in [0.05, 0.1) is 12.2 Å². The summed E-state index contributed by atoms with van der Waals surface area (Å²) in [6.07, 6.45) is 7.24. The van der Waals surface area contributed by atoms with E-state index in [0.717, 1.165) is 24.7 Å². The van der Waals surface area contributed by atoms with E-state index in [1.807, 2.05) is 24.0 Å². The van der Waals surface area contributed by atoms with Crippen LogP contribution < -0.4 is 10.6 Å². The molecular weight excluding hydrogens is 439 g/mol. The smallest absolute Gasteiger partial charge is 0.191 e. The first-order chi connectivity index (χ1) is 12.1. The fourth-order valence-corrected chi connectivity index (χ4v) is 3.47. The van der Waals surface area contributed by atoms with Crippen LogP contribution in [0.5, 0.6) is 0 Å². The zero-order valence-corrected chi connectivity index (χ0v) is 19.2. The normalized spacial score (nSPS) is 17.5. The zero-order valence-electron chi connectivity index (χ0n) is 16.9. The summed E-state index contributed by atoms with van der Waals surface area (Å²) in [4.78, 5) is 7.40. The van der Waals surface area contributed by atoms with Crippen molar-refractivity contribution in [3.05, 3.63) is 18.0 Å². The highest BCUT2D eigenvalue weighted by molar-refractivity contribution is 14.0. The van der Waals surface area contributed by atoms with E-state index in [9.17, 15) is 0 Å². The molecule has 6 nitrogen and oxygen atoms in total. The molecule has 2 heterocycles. The molecule has 150 valence electrons. The third-order valence-corrected chi connectivity index (χ3v) is 5.02. The summed E-state index contributed by atoms with van der Waals surface area (Å²) < 4.78 is 1.88. The first-order valence-corrected chi connectivity index (χ1v) is 9.85.